The largest absolute Gasteiger partial charge is 0.412 e. The molecule has 1 rings (SSSR count). The molecule has 26 heavy (non-hydrogen) atoms. The standard InChI is InChI=1S/C18H30N2O4.C2H6/c1-5-6-15(2)19-18(21)24-17-9-7-16(8-10-17)20(11-13-22-3)12-14-23-4;1-2/h7-10,15H,5-6,11-14H2,1-4H3,(H,19,21);1-2H3. The molecule has 0 spiro atoms. The van der Waals surface area contributed by atoms with Crippen LogP contribution in [-0.4, -0.2) is 52.7 Å². The van der Waals surface area contributed by atoms with Gasteiger partial charge in [-0.25, -0.2) is 4.79 Å². The summed E-state index contributed by atoms with van der Waals surface area (Å²) in [7, 11) is 3.37. The normalized spacial score (nSPS) is 11.2. The summed E-state index contributed by atoms with van der Waals surface area (Å²) in [4.78, 5) is 14.0. The quantitative estimate of drug-likeness (QED) is 0.637. The van der Waals surface area contributed by atoms with Crippen molar-refractivity contribution in [3.63, 3.8) is 0 Å². The third-order valence-corrected chi connectivity index (χ3v) is 3.63. The molecule has 1 amide bonds. The second-order valence-corrected chi connectivity index (χ2v) is 5.69. The molecule has 0 bridgehead atoms. The molecule has 0 aliphatic heterocycles. The van der Waals surface area contributed by atoms with Crippen molar-refractivity contribution in [2.24, 2.45) is 0 Å². The Morgan fingerprint density at radius 3 is 2.08 bits per heavy atom. The predicted octanol–water partition coefficient (Wildman–Crippen LogP) is 4.09. The number of carbonyl (C=O) groups excluding carboxylic acids is 1. The average molecular weight is 369 g/mol. The zero-order valence-corrected chi connectivity index (χ0v) is 17.2. The molecule has 0 aliphatic carbocycles. The van der Waals surface area contributed by atoms with Gasteiger partial charge < -0.3 is 24.4 Å². The molecule has 1 atom stereocenters. The smallest absolute Gasteiger partial charge is 0.410 e. The molecule has 0 heterocycles. The molecular formula is C20H36N2O4. The first kappa shape index (κ1) is 24.2. The number of anilines is 1. The van der Waals surface area contributed by atoms with Crippen molar-refractivity contribution < 1.29 is 19.0 Å². The number of nitrogens with zero attached hydrogens (tertiary/aromatic N) is 1. The minimum atomic E-state index is -0.417. The van der Waals surface area contributed by atoms with Crippen LogP contribution < -0.4 is 15.0 Å². The molecule has 0 saturated heterocycles. The Morgan fingerprint density at radius 2 is 1.62 bits per heavy atom. The van der Waals surface area contributed by atoms with Crippen molar-refractivity contribution in [1.29, 1.82) is 0 Å². The Morgan fingerprint density at radius 1 is 1.08 bits per heavy atom. The van der Waals surface area contributed by atoms with Crippen molar-refractivity contribution in [2.75, 3.05) is 45.4 Å². The summed E-state index contributed by atoms with van der Waals surface area (Å²) in [6, 6.07) is 7.57. The second-order valence-electron chi connectivity index (χ2n) is 5.69. The Hall–Kier alpha value is -1.79. The van der Waals surface area contributed by atoms with Gasteiger partial charge in [0.1, 0.15) is 5.75 Å². The highest BCUT2D eigenvalue weighted by Gasteiger charge is 2.10. The zero-order valence-electron chi connectivity index (χ0n) is 17.2. The fraction of sp³-hybridized carbons (Fsp3) is 0.650. The first-order valence-electron chi connectivity index (χ1n) is 9.42. The third-order valence-electron chi connectivity index (χ3n) is 3.63. The Balaban J connectivity index is 0.00000301. The molecule has 6 nitrogen and oxygen atoms in total. The molecule has 1 unspecified atom stereocenters. The number of benzene rings is 1. The molecular weight excluding hydrogens is 332 g/mol. The van der Waals surface area contributed by atoms with E-state index in [9.17, 15) is 4.79 Å². The highest BCUT2D eigenvalue weighted by molar-refractivity contribution is 5.70. The minimum Gasteiger partial charge on any atom is -0.410 e. The monoisotopic (exact) mass is 368 g/mol. The van der Waals surface area contributed by atoms with Crippen LogP contribution in [0.3, 0.4) is 0 Å². The summed E-state index contributed by atoms with van der Waals surface area (Å²) in [5.74, 6) is 0.526. The molecule has 1 aromatic rings. The third kappa shape index (κ3) is 10.3. The van der Waals surface area contributed by atoms with Gasteiger partial charge in [-0.15, -0.1) is 0 Å². The van der Waals surface area contributed by atoms with Gasteiger partial charge in [-0.05, 0) is 37.6 Å². The van der Waals surface area contributed by atoms with Crippen molar-refractivity contribution in [1.82, 2.24) is 5.32 Å². The van der Waals surface area contributed by atoms with E-state index in [4.69, 9.17) is 14.2 Å². The molecule has 0 aliphatic rings. The molecule has 150 valence electrons. The number of amides is 1. The maximum Gasteiger partial charge on any atom is 0.412 e. The highest BCUT2D eigenvalue weighted by Crippen LogP contribution is 2.19. The van der Waals surface area contributed by atoms with Gasteiger partial charge in [0.25, 0.3) is 0 Å². The molecule has 1 aromatic carbocycles. The number of hydrogen-bond donors (Lipinski definition) is 1. The van der Waals surface area contributed by atoms with E-state index in [-0.39, 0.29) is 6.04 Å². The molecule has 0 saturated carbocycles. The number of rotatable bonds is 11. The summed E-state index contributed by atoms with van der Waals surface area (Å²) in [5.41, 5.74) is 1.04. The van der Waals surface area contributed by atoms with Gasteiger partial charge in [0.2, 0.25) is 0 Å². The summed E-state index contributed by atoms with van der Waals surface area (Å²) >= 11 is 0. The van der Waals surface area contributed by atoms with Crippen LogP contribution in [0.4, 0.5) is 10.5 Å². The van der Waals surface area contributed by atoms with E-state index >= 15 is 0 Å². The number of hydrogen-bond acceptors (Lipinski definition) is 5. The van der Waals surface area contributed by atoms with Gasteiger partial charge in [-0.3, -0.25) is 0 Å². The van der Waals surface area contributed by atoms with Gasteiger partial charge in [0.05, 0.1) is 13.2 Å². The van der Waals surface area contributed by atoms with Crippen LogP contribution in [0.15, 0.2) is 24.3 Å². The highest BCUT2D eigenvalue weighted by atomic mass is 16.6. The summed E-state index contributed by atoms with van der Waals surface area (Å²) in [6.07, 6.45) is 1.54. The van der Waals surface area contributed by atoms with Crippen molar-refractivity contribution >= 4 is 11.8 Å². The maximum absolute atomic E-state index is 11.8. The second kappa shape index (κ2) is 15.5. The first-order chi connectivity index (χ1) is 12.6. The van der Waals surface area contributed by atoms with Crippen LogP contribution in [0.1, 0.15) is 40.5 Å². The van der Waals surface area contributed by atoms with E-state index in [0.717, 1.165) is 31.6 Å². The lowest BCUT2D eigenvalue weighted by molar-refractivity contribution is 0.190. The van der Waals surface area contributed by atoms with Crippen LogP contribution in [0, 0.1) is 0 Å². The van der Waals surface area contributed by atoms with E-state index in [0.29, 0.717) is 19.0 Å². The molecule has 0 aromatic heterocycles. The topological polar surface area (TPSA) is 60.0 Å². The van der Waals surface area contributed by atoms with Gasteiger partial charge in [0, 0.05) is 39.0 Å². The Kier molecular flexibility index (Phi) is 14.4. The van der Waals surface area contributed by atoms with Gasteiger partial charge in [-0.1, -0.05) is 27.2 Å². The zero-order chi connectivity index (χ0) is 19.8. The molecule has 1 N–H and O–H groups in total. The summed E-state index contributed by atoms with van der Waals surface area (Å²) in [5, 5.41) is 2.82. The van der Waals surface area contributed by atoms with Gasteiger partial charge in [0.15, 0.2) is 0 Å². The summed E-state index contributed by atoms with van der Waals surface area (Å²) in [6.45, 7) is 10.9. The van der Waals surface area contributed by atoms with Gasteiger partial charge in [-0.2, -0.15) is 0 Å². The molecule has 0 fully saturated rings. The van der Waals surface area contributed by atoms with Crippen molar-refractivity contribution in [2.45, 2.75) is 46.6 Å². The van der Waals surface area contributed by atoms with E-state index in [1.165, 1.54) is 0 Å². The lowest BCUT2D eigenvalue weighted by Crippen LogP contribution is -2.34. The van der Waals surface area contributed by atoms with E-state index in [2.05, 4.69) is 17.1 Å². The number of nitrogens with one attached hydrogen (secondary N) is 1. The van der Waals surface area contributed by atoms with Crippen molar-refractivity contribution in [3.8, 4) is 5.75 Å². The van der Waals surface area contributed by atoms with Crippen LogP contribution in [0.25, 0.3) is 0 Å². The fourth-order valence-corrected chi connectivity index (χ4v) is 2.34. The first-order valence-corrected chi connectivity index (χ1v) is 9.42. The van der Waals surface area contributed by atoms with E-state index < -0.39 is 6.09 Å². The average Bonchev–Trinajstić information content (AvgIpc) is 2.64. The molecule has 6 heteroatoms. The maximum atomic E-state index is 11.8. The van der Waals surface area contributed by atoms with E-state index in [1.54, 1.807) is 26.4 Å². The van der Waals surface area contributed by atoms with E-state index in [1.807, 2.05) is 32.9 Å². The van der Waals surface area contributed by atoms with Crippen LogP contribution in [0.2, 0.25) is 0 Å². The lowest BCUT2D eigenvalue weighted by Gasteiger charge is -2.24. The summed E-state index contributed by atoms with van der Waals surface area (Å²) < 4.78 is 15.6. The van der Waals surface area contributed by atoms with Crippen molar-refractivity contribution in [3.05, 3.63) is 24.3 Å². The number of methoxy groups -OCH3 is 2. The Labute approximate surface area is 158 Å². The Bertz CT molecular complexity index is 457. The minimum absolute atomic E-state index is 0.111. The van der Waals surface area contributed by atoms with Gasteiger partial charge >= 0.3 is 6.09 Å². The molecule has 0 radical (unpaired) electrons. The van der Waals surface area contributed by atoms with Crippen LogP contribution in [-0.2, 0) is 9.47 Å². The fourth-order valence-electron chi connectivity index (χ4n) is 2.34. The number of carbonyl (C=O) groups is 1. The number of ether oxygens (including phenoxy) is 3. The predicted molar refractivity (Wildman–Crippen MR) is 107 cm³/mol. The lowest BCUT2D eigenvalue weighted by atomic mass is 10.2. The SMILES string of the molecule is CC.CCCC(C)NC(=O)Oc1ccc(N(CCOC)CCOC)cc1. The van der Waals surface area contributed by atoms with Crippen LogP contribution >= 0.6 is 0 Å². The van der Waals surface area contributed by atoms with Crippen LogP contribution in [0.5, 0.6) is 5.75 Å².